The maximum atomic E-state index is 11.4. The predicted octanol–water partition coefficient (Wildman–Crippen LogP) is -2.52. The molecule has 11 heteroatoms. The van der Waals surface area contributed by atoms with Gasteiger partial charge in [-0.05, 0) is 0 Å². The van der Waals surface area contributed by atoms with Crippen LogP contribution in [0.1, 0.15) is 0 Å². The first-order valence-electron chi connectivity index (χ1n) is 6.00. The molecule has 2 amide bonds. The second-order valence-electron chi connectivity index (χ2n) is 3.98. The zero-order valence-electron chi connectivity index (χ0n) is 11.1. The van der Waals surface area contributed by atoms with Crippen LogP contribution in [0.4, 0.5) is 9.59 Å². The van der Waals surface area contributed by atoms with Gasteiger partial charge in [-0.25, -0.2) is 19.2 Å². The number of ether oxygens (including phenoxy) is 3. The average molecular weight is 304 g/mol. The van der Waals surface area contributed by atoms with E-state index in [4.69, 9.17) is 10.5 Å². The molecule has 21 heavy (non-hydrogen) atoms. The van der Waals surface area contributed by atoms with Crippen molar-refractivity contribution in [2.75, 3.05) is 32.8 Å². The molecule has 0 aromatic rings. The first-order chi connectivity index (χ1) is 9.92. The van der Waals surface area contributed by atoms with E-state index in [0.29, 0.717) is 32.8 Å². The number of amides is 2. The van der Waals surface area contributed by atoms with E-state index in [2.05, 4.69) is 20.5 Å². The topological polar surface area (TPSA) is 163 Å². The summed E-state index contributed by atoms with van der Waals surface area (Å²) in [5, 5.41) is 2.24. The minimum atomic E-state index is -1.69. The number of rotatable bonds is 3. The molecule has 1 rings (SSSR count). The Morgan fingerprint density at radius 2 is 1.90 bits per heavy atom. The van der Waals surface area contributed by atoms with E-state index in [1.807, 2.05) is 4.90 Å². The molecule has 0 aromatic heterocycles. The molecule has 0 bridgehead atoms. The number of esters is 2. The molecule has 1 saturated heterocycles. The van der Waals surface area contributed by atoms with Crippen LogP contribution in [-0.4, -0.2) is 68.0 Å². The van der Waals surface area contributed by atoms with Crippen LogP contribution in [0.25, 0.3) is 0 Å². The summed E-state index contributed by atoms with van der Waals surface area (Å²) in [6.45, 7) is 2.46. The molecule has 0 radical (unpaired) electrons. The summed E-state index contributed by atoms with van der Waals surface area (Å²) in [6, 6.07) is 0. The molecule has 1 aliphatic heterocycles. The molecule has 0 aromatic carbocycles. The van der Waals surface area contributed by atoms with Crippen LogP contribution >= 0.6 is 0 Å². The monoisotopic (exact) mass is 304 g/mol. The molecule has 0 saturated carbocycles. The largest absolute Gasteiger partial charge is 0.426 e. The maximum absolute atomic E-state index is 11.4. The quantitative estimate of drug-likeness (QED) is 0.290. The van der Waals surface area contributed by atoms with Gasteiger partial charge >= 0.3 is 24.1 Å². The molecule has 0 spiro atoms. The molecule has 1 fully saturated rings. The summed E-state index contributed by atoms with van der Waals surface area (Å²) in [5.41, 5.74) is 9.95. The predicted molar refractivity (Wildman–Crippen MR) is 65.5 cm³/mol. The normalized spacial score (nSPS) is 18.6. The van der Waals surface area contributed by atoms with Gasteiger partial charge in [-0.3, -0.25) is 10.2 Å². The van der Waals surface area contributed by atoms with Crippen molar-refractivity contribution in [2.24, 2.45) is 11.5 Å². The lowest BCUT2D eigenvalue weighted by Gasteiger charge is -2.32. The second-order valence-corrected chi connectivity index (χ2v) is 3.98. The van der Waals surface area contributed by atoms with E-state index < -0.39 is 30.4 Å². The highest BCUT2D eigenvalue weighted by atomic mass is 16.6. The molecule has 0 aliphatic carbocycles. The van der Waals surface area contributed by atoms with Crippen LogP contribution in [0, 0.1) is 0 Å². The van der Waals surface area contributed by atoms with E-state index in [1.54, 1.807) is 0 Å². The number of carbonyl (C=O) groups is 4. The molecular weight excluding hydrogens is 288 g/mol. The number of morpholine rings is 1. The van der Waals surface area contributed by atoms with Gasteiger partial charge in [-0.1, -0.05) is 0 Å². The minimum Gasteiger partial charge on any atom is -0.368 e. The fourth-order valence-electron chi connectivity index (χ4n) is 1.60. The Morgan fingerprint density at radius 3 is 2.52 bits per heavy atom. The number of nitrogens with two attached hydrogens (primary N) is 2. The molecule has 1 heterocycles. The molecule has 118 valence electrons. The van der Waals surface area contributed by atoms with Crippen molar-refractivity contribution < 1.29 is 33.4 Å². The summed E-state index contributed by atoms with van der Waals surface area (Å²) >= 11 is 0. The summed E-state index contributed by atoms with van der Waals surface area (Å²) in [4.78, 5) is 45.5. The Labute approximate surface area is 119 Å². The Bertz CT molecular complexity index is 426. The lowest BCUT2D eigenvalue weighted by molar-refractivity contribution is -0.160. The standard InChI is InChI=1S/C10H16N4O7/c11-1-2-14-3-4-19-6(5-14)13-10(18)21-8(16)7(15)20-9(12)17/h6H,1-5,11H2,(H2,12,17)(H,13,18). The van der Waals surface area contributed by atoms with Gasteiger partial charge in [0.25, 0.3) is 0 Å². The highest BCUT2D eigenvalue weighted by Gasteiger charge is 2.26. The Morgan fingerprint density at radius 1 is 1.24 bits per heavy atom. The molecule has 1 atom stereocenters. The van der Waals surface area contributed by atoms with Gasteiger partial charge in [0.1, 0.15) is 6.23 Å². The van der Waals surface area contributed by atoms with Crippen molar-refractivity contribution in [2.45, 2.75) is 6.23 Å². The van der Waals surface area contributed by atoms with Gasteiger partial charge in [0, 0.05) is 26.2 Å². The smallest absolute Gasteiger partial charge is 0.368 e. The van der Waals surface area contributed by atoms with Crippen LogP contribution in [0.3, 0.4) is 0 Å². The minimum absolute atomic E-state index is 0.353. The van der Waals surface area contributed by atoms with Gasteiger partial charge in [-0.2, -0.15) is 0 Å². The number of hydrogen-bond acceptors (Lipinski definition) is 9. The van der Waals surface area contributed by atoms with Crippen molar-refractivity contribution in [1.82, 2.24) is 10.2 Å². The number of primary amides is 1. The maximum Gasteiger partial charge on any atom is 0.426 e. The molecular formula is C10H16N4O7. The number of carbonyl (C=O) groups excluding carboxylic acids is 4. The SMILES string of the molecule is NCCN1CCOC(NC(=O)OC(=O)C(=O)OC(N)=O)C1. The van der Waals surface area contributed by atoms with Crippen LogP contribution in [0.15, 0.2) is 0 Å². The fraction of sp³-hybridized carbons (Fsp3) is 0.600. The highest BCUT2D eigenvalue weighted by molar-refractivity contribution is 6.33. The summed E-state index contributed by atoms with van der Waals surface area (Å²) in [6.07, 6.45) is -3.40. The van der Waals surface area contributed by atoms with Crippen LogP contribution in [0.5, 0.6) is 0 Å². The lowest BCUT2D eigenvalue weighted by Crippen LogP contribution is -2.52. The summed E-state index contributed by atoms with van der Waals surface area (Å²) in [5.74, 6) is -3.35. The molecule has 1 aliphatic rings. The van der Waals surface area contributed by atoms with Gasteiger partial charge < -0.3 is 25.7 Å². The third-order valence-corrected chi connectivity index (χ3v) is 2.42. The van der Waals surface area contributed by atoms with Crippen molar-refractivity contribution >= 4 is 24.1 Å². The fourth-order valence-corrected chi connectivity index (χ4v) is 1.60. The zero-order valence-corrected chi connectivity index (χ0v) is 11.1. The summed E-state index contributed by atoms with van der Waals surface area (Å²) < 4.78 is 13.1. The lowest BCUT2D eigenvalue weighted by atomic mass is 10.3. The Kier molecular flexibility index (Phi) is 6.52. The van der Waals surface area contributed by atoms with E-state index >= 15 is 0 Å². The van der Waals surface area contributed by atoms with E-state index in [-0.39, 0.29) is 0 Å². The third kappa shape index (κ3) is 6.16. The van der Waals surface area contributed by atoms with Gasteiger partial charge in [0.2, 0.25) is 0 Å². The zero-order chi connectivity index (χ0) is 15.8. The molecule has 11 nitrogen and oxygen atoms in total. The number of nitrogens with one attached hydrogen (secondary N) is 1. The van der Waals surface area contributed by atoms with E-state index in [9.17, 15) is 19.2 Å². The van der Waals surface area contributed by atoms with Crippen molar-refractivity contribution in [3.05, 3.63) is 0 Å². The first kappa shape index (κ1) is 16.8. The number of alkyl carbamates (subject to hydrolysis) is 1. The van der Waals surface area contributed by atoms with Crippen molar-refractivity contribution in [3.63, 3.8) is 0 Å². The third-order valence-electron chi connectivity index (χ3n) is 2.42. The van der Waals surface area contributed by atoms with Gasteiger partial charge in [-0.15, -0.1) is 0 Å². The number of hydrogen-bond donors (Lipinski definition) is 3. The first-order valence-corrected chi connectivity index (χ1v) is 6.00. The van der Waals surface area contributed by atoms with E-state index in [0.717, 1.165) is 0 Å². The van der Waals surface area contributed by atoms with E-state index in [1.165, 1.54) is 0 Å². The average Bonchev–Trinajstić information content (AvgIpc) is 2.38. The van der Waals surface area contributed by atoms with Crippen LogP contribution in [-0.2, 0) is 23.8 Å². The second kappa shape index (κ2) is 8.14. The number of nitrogens with zero attached hydrogens (tertiary/aromatic N) is 1. The van der Waals surface area contributed by atoms with Crippen molar-refractivity contribution in [1.29, 1.82) is 0 Å². The molecule has 5 N–H and O–H groups in total. The van der Waals surface area contributed by atoms with Crippen molar-refractivity contribution in [3.8, 4) is 0 Å². The summed E-state index contributed by atoms with van der Waals surface area (Å²) in [7, 11) is 0. The Balaban J connectivity index is 2.37. The van der Waals surface area contributed by atoms with Crippen LogP contribution < -0.4 is 16.8 Å². The van der Waals surface area contributed by atoms with Gasteiger partial charge in [0.05, 0.1) is 6.61 Å². The van der Waals surface area contributed by atoms with Crippen LogP contribution in [0.2, 0.25) is 0 Å². The molecule has 1 unspecified atom stereocenters. The Hall–Kier alpha value is -2.24. The van der Waals surface area contributed by atoms with Gasteiger partial charge in [0.15, 0.2) is 0 Å². The highest BCUT2D eigenvalue weighted by Crippen LogP contribution is 2.02.